The summed E-state index contributed by atoms with van der Waals surface area (Å²) in [5.41, 5.74) is 5.56. The molecular weight excluding hydrogens is 771 g/mol. The van der Waals surface area contributed by atoms with Gasteiger partial charge in [-0.25, -0.2) is 8.78 Å². The molecule has 0 saturated heterocycles. The van der Waals surface area contributed by atoms with Gasteiger partial charge >= 0.3 is 0 Å². The van der Waals surface area contributed by atoms with Crippen molar-refractivity contribution in [3.8, 4) is 0 Å². The molecule has 2 unspecified atom stereocenters. The molecule has 56 heavy (non-hydrogen) atoms. The molecule has 0 spiro atoms. The summed E-state index contributed by atoms with van der Waals surface area (Å²) in [6, 6.07) is 36.3. The zero-order chi connectivity index (χ0) is 37.1. The van der Waals surface area contributed by atoms with Crippen molar-refractivity contribution in [1.29, 1.82) is 0 Å². The number of thioether (sulfide) groups is 1. The fourth-order valence-electron chi connectivity index (χ4n) is 8.86. The molecule has 268 valence electrons. The number of anilines is 5. The molecule has 0 saturated carbocycles. The Kier molecular flexibility index (Phi) is 7.30. The van der Waals surface area contributed by atoms with E-state index in [0.717, 1.165) is 81.2 Å². The fraction of sp³-hybridized carbons (Fsp3) is 0.0417. The number of hydrogen-bond donors (Lipinski definition) is 0. The third-order valence-electron chi connectivity index (χ3n) is 11.4. The summed E-state index contributed by atoms with van der Waals surface area (Å²) in [6.45, 7) is 0. The summed E-state index contributed by atoms with van der Waals surface area (Å²) in [4.78, 5) is 4.49. The maximum atomic E-state index is 17.0. The highest BCUT2D eigenvalue weighted by Gasteiger charge is 2.35. The van der Waals surface area contributed by atoms with Crippen LogP contribution in [0.2, 0.25) is 0 Å². The van der Waals surface area contributed by atoms with E-state index in [0.29, 0.717) is 10.8 Å². The minimum Gasteiger partial charge on any atom is -0.311 e. The molecule has 10 aromatic rings. The standard InChI is InChI=1S/C48H28F2N2S4/c49-35-21-37(51(39-23-53-43-13-5-1-9-29(39)43)40-24-54-44-14-6-2-10-30(40)44)33-19-17-28-36(50)22-38(34-20-18-27(35)47(33)48(28)34)52(41-25-55-45-15-7-3-11-31(41)45)42-26-56-46-16-8-4-12-32(42)46/h1-26,29,43H. The van der Waals surface area contributed by atoms with E-state index in [1.54, 1.807) is 57.9 Å². The lowest BCUT2D eigenvalue weighted by Gasteiger charge is -2.32. The topological polar surface area (TPSA) is 6.48 Å². The minimum atomic E-state index is -0.339. The van der Waals surface area contributed by atoms with E-state index in [9.17, 15) is 0 Å². The Morgan fingerprint density at radius 1 is 0.446 bits per heavy atom. The van der Waals surface area contributed by atoms with Gasteiger partial charge in [0.25, 0.3) is 0 Å². The lowest BCUT2D eigenvalue weighted by Crippen LogP contribution is -2.24. The van der Waals surface area contributed by atoms with Crippen molar-refractivity contribution in [3.63, 3.8) is 0 Å². The zero-order valence-electron chi connectivity index (χ0n) is 29.4. The predicted molar refractivity (Wildman–Crippen MR) is 241 cm³/mol. The number of allylic oxidation sites excluding steroid dienone is 3. The van der Waals surface area contributed by atoms with Gasteiger partial charge < -0.3 is 9.80 Å². The summed E-state index contributed by atoms with van der Waals surface area (Å²) in [5.74, 6) is -0.554. The number of benzene rings is 7. The summed E-state index contributed by atoms with van der Waals surface area (Å²) in [7, 11) is 0. The average molecular weight is 799 g/mol. The van der Waals surface area contributed by atoms with Crippen molar-refractivity contribution < 1.29 is 8.78 Å². The number of nitrogens with zero attached hydrogens (tertiary/aromatic N) is 2. The van der Waals surface area contributed by atoms with Gasteiger partial charge in [0.1, 0.15) is 11.6 Å². The molecule has 1 aliphatic carbocycles. The van der Waals surface area contributed by atoms with Gasteiger partial charge in [0.15, 0.2) is 0 Å². The Bertz CT molecular complexity index is 3240. The van der Waals surface area contributed by atoms with Crippen LogP contribution in [-0.4, -0.2) is 5.25 Å². The molecule has 2 aliphatic rings. The number of fused-ring (bicyclic) bond motifs is 4. The van der Waals surface area contributed by atoms with Crippen LogP contribution in [0, 0.1) is 17.6 Å². The van der Waals surface area contributed by atoms with Crippen molar-refractivity contribution in [1.82, 2.24) is 0 Å². The van der Waals surface area contributed by atoms with Crippen LogP contribution in [0.25, 0.3) is 62.6 Å². The van der Waals surface area contributed by atoms with Gasteiger partial charge in [-0.05, 0) is 35.7 Å². The second-order valence-electron chi connectivity index (χ2n) is 14.3. The zero-order valence-corrected chi connectivity index (χ0v) is 32.7. The van der Waals surface area contributed by atoms with Crippen LogP contribution in [0.4, 0.5) is 37.2 Å². The molecule has 0 amide bonds. The van der Waals surface area contributed by atoms with Gasteiger partial charge in [-0.2, -0.15) is 0 Å². The van der Waals surface area contributed by atoms with Crippen molar-refractivity contribution in [3.05, 3.63) is 172 Å². The number of thiophene rings is 3. The van der Waals surface area contributed by atoms with Crippen molar-refractivity contribution in [2.24, 2.45) is 5.92 Å². The van der Waals surface area contributed by atoms with Crippen LogP contribution in [-0.2, 0) is 0 Å². The van der Waals surface area contributed by atoms with Gasteiger partial charge in [0, 0.05) is 95.6 Å². The highest BCUT2D eigenvalue weighted by molar-refractivity contribution is 8.03. The molecule has 0 bridgehead atoms. The molecule has 0 N–H and O–H groups in total. The Morgan fingerprint density at radius 2 is 0.893 bits per heavy atom. The molecule has 2 nitrogen and oxygen atoms in total. The second kappa shape index (κ2) is 12.5. The van der Waals surface area contributed by atoms with E-state index in [2.05, 4.69) is 128 Å². The second-order valence-corrected chi connectivity index (χ2v) is 18.1. The first kappa shape index (κ1) is 32.7. The molecule has 8 heteroatoms. The van der Waals surface area contributed by atoms with E-state index >= 15 is 8.78 Å². The van der Waals surface area contributed by atoms with Gasteiger partial charge in [-0.3, -0.25) is 0 Å². The number of halogens is 2. The first-order chi connectivity index (χ1) is 27.6. The van der Waals surface area contributed by atoms with E-state index in [4.69, 9.17) is 0 Å². The largest absolute Gasteiger partial charge is 0.311 e. The summed E-state index contributed by atoms with van der Waals surface area (Å²) in [6.07, 6.45) is 8.72. The van der Waals surface area contributed by atoms with Crippen LogP contribution in [0.1, 0.15) is 0 Å². The Hall–Kier alpha value is -5.51. The quantitative estimate of drug-likeness (QED) is 0.155. The lowest BCUT2D eigenvalue weighted by atomic mass is 9.90. The van der Waals surface area contributed by atoms with Gasteiger partial charge in [-0.1, -0.05) is 103 Å². The normalized spacial score (nSPS) is 16.6. The minimum absolute atomic E-state index is 0.115. The van der Waals surface area contributed by atoms with Crippen molar-refractivity contribution in [2.45, 2.75) is 5.25 Å². The summed E-state index contributed by atoms with van der Waals surface area (Å²) in [5, 5.41) is 16.5. The molecular formula is C48H28F2N2S4. The average Bonchev–Trinajstić information content (AvgIpc) is 4.05. The molecule has 0 radical (unpaired) electrons. The van der Waals surface area contributed by atoms with Gasteiger partial charge in [0.05, 0.1) is 28.4 Å². The van der Waals surface area contributed by atoms with Gasteiger partial charge in [0.2, 0.25) is 0 Å². The van der Waals surface area contributed by atoms with Crippen LogP contribution in [0.5, 0.6) is 0 Å². The Balaban J connectivity index is 1.16. The Labute approximate surface area is 336 Å². The Morgan fingerprint density at radius 3 is 1.43 bits per heavy atom. The van der Waals surface area contributed by atoms with E-state index in [1.165, 1.54) is 4.70 Å². The SMILES string of the molecule is Fc1cc(N(C2=CSC3C=CC=CC23)c2csc3ccccc23)c2ccc3c(F)cc(N(c4csc5ccccc45)c4csc5ccccc45)c4ccc1c2c34. The number of rotatable bonds is 6. The van der Waals surface area contributed by atoms with E-state index in [1.807, 2.05) is 24.3 Å². The molecule has 0 fully saturated rings. The predicted octanol–water partition coefficient (Wildman–Crippen LogP) is 15.8. The first-order valence-corrected chi connectivity index (χ1v) is 22.0. The fourth-order valence-corrected chi connectivity index (χ4v) is 12.8. The molecule has 3 aromatic heterocycles. The van der Waals surface area contributed by atoms with Crippen molar-refractivity contribution >= 4 is 137 Å². The maximum Gasteiger partial charge on any atom is 0.133 e. The van der Waals surface area contributed by atoms with Crippen LogP contribution < -0.4 is 9.80 Å². The highest BCUT2D eigenvalue weighted by Crippen LogP contribution is 2.54. The number of hydrogen-bond acceptors (Lipinski definition) is 6. The third kappa shape index (κ3) is 4.70. The van der Waals surface area contributed by atoms with Crippen molar-refractivity contribution in [2.75, 3.05) is 9.80 Å². The maximum absolute atomic E-state index is 17.0. The monoisotopic (exact) mass is 798 g/mol. The molecule has 12 rings (SSSR count). The van der Waals surface area contributed by atoms with Crippen LogP contribution >= 0.6 is 45.8 Å². The summed E-state index contributed by atoms with van der Waals surface area (Å²) < 4.78 is 37.5. The molecule has 1 aliphatic heterocycles. The highest BCUT2D eigenvalue weighted by atomic mass is 32.2. The molecule has 2 atom stereocenters. The van der Waals surface area contributed by atoms with Gasteiger partial charge in [-0.15, -0.1) is 45.8 Å². The lowest BCUT2D eigenvalue weighted by molar-refractivity contribution is 0.639. The first-order valence-electron chi connectivity index (χ1n) is 18.4. The van der Waals surface area contributed by atoms with Crippen LogP contribution in [0.3, 0.4) is 0 Å². The third-order valence-corrected chi connectivity index (χ3v) is 15.4. The van der Waals surface area contributed by atoms with Crippen LogP contribution in [0.15, 0.2) is 161 Å². The molecule has 7 aromatic carbocycles. The van der Waals surface area contributed by atoms with E-state index < -0.39 is 0 Å². The molecule has 4 heterocycles. The smallest absolute Gasteiger partial charge is 0.133 e. The summed E-state index contributed by atoms with van der Waals surface area (Å²) >= 11 is 6.85. The van der Waals surface area contributed by atoms with E-state index in [-0.39, 0.29) is 22.8 Å².